The van der Waals surface area contributed by atoms with Crippen LogP contribution < -0.4 is 0 Å². The molecule has 2 aliphatic rings. The van der Waals surface area contributed by atoms with Crippen molar-refractivity contribution in [2.75, 3.05) is 13.7 Å². The van der Waals surface area contributed by atoms with E-state index in [1.54, 1.807) is 7.11 Å². The van der Waals surface area contributed by atoms with Crippen molar-refractivity contribution in [1.29, 1.82) is 0 Å². The van der Waals surface area contributed by atoms with Crippen LogP contribution in [0, 0.1) is 11.6 Å². The number of benzene rings is 1. The van der Waals surface area contributed by atoms with E-state index >= 15 is 0 Å². The van der Waals surface area contributed by atoms with E-state index in [0.717, 1.165) is 6.07 Å². The van der Waals surface area contributed by atoms with Crippen molar-refractivity contribution in [2.45, 2.75) is 37.6 Å². The summed E-state index contributed by atoms with van der Waals surface area (Å²) in [5.74, 6) is -1.22. The first-order valence-corrected chi connectivity index (χ1v) is 6.53. The van der Waals surface area contributed by atoms with Crippen molar-refractivity contribution in [3.63, 3.8) is 0 Å². The van der Waals surface area contributed by atoms with E-state index in [-0.39, 0.29) is 24.9 Å². The summed E-state index contributed by atoms with van der Waals surface area (Å²) in [6.07, 6.45) is -0.267. The fourth-order valence-electron chi connectivity index (χ4n) is 2.55. The summed E-state index contributed by atoms with van der Waals surface area (Å²) in [5.41, 5.74) is 0.306. The average molecular weight is 286 g/mol. The van der Waals surface area contributed by atoms with Gasteiger partial charge in [0.25, 0.3) is 0 Å². The number of fused-ring (bicyclic) bond motifs is 2. The Morgan fingerprint density at radius 1 is 1.30 bits per heavy atom. The smallest absolute Gasteiger partial charge is 0.184 e. The molecule has 110 valence electrons. The second-order valence-corrected chi connectivity index (χ2v) is 4.97. The van der Waals surface area contributed by atoms with Crippen molar-refractivity contribution >= 4 is 0 Å². The van der Waals surface area contributed by atoms with Gasteiger partial charge in [0.15, 0.2) is 6.29 Å². The normalized spacial score (nSPS) is 32.5. The lowest BCUT2D eigenvalue weighted by Crippen LogP contribution is -2.44. The molecule has 3 rings (SSSR count). The first-order valence-electron chi connectivity index (χ1n) is 6.53. The van der Waals surface area contributed by atoms with Crippen LogP contribution in [0.4, 0.5) is 8.78 Å². The summed E-state index contributed by atoms with van der Waals surface area (Å²) in [5, 5.41) is 0. The first-order chi connectivity index (χ1) is 9.67. The van der Waals surface area contributed by atoms with Gasteiger partial charge >= 0.3 is 0 Å². The van der Waals surface area contributed by atoms with Crippen molar-refractivity contribution in [3.05, 3.63) is 35.4 Å². The fraction of sp³-hybridized carbons (Fsp3) is 0.571. The molecule has 0 aromatic heterocycles. The molecule has 0 unspecified atom stereocenters. The number of methoxy groups -OCH3 is 1. The van der Waals surface area contributed by atoms with E-state index in [4.69, 9.17) is 18.9 Å². The van der Waals surface area contributed by atoms with Crippen molar-refractivity contribution in [1.82, 2.24) is 0 Å². The third-order valence-electron chi connectivity index (χ3n) is 3.69. The number of rotatable bonds is 4. The molecule has 4 atom stereocenters. The fourth-order valence-corrected chi connectivity index (χ4v) is 2.55. The summed E-state index contributed by atoms with van der Waals surface area (Å²) in [6, 6.07) is 3.43. The number of hydrogen-bond acceptors (Lipinski definition) is 4. The van der Waals surface area contributed by atoms with Gasteiger partial charge in [-0.05, 0) is 6.07 Å². The summed E-state index contributed by atoms with van der Waals surface area (Å²) >= 11 is 0. The molecule has 2 aliphatic heterocycles. The molecule has 0 amide bonds. The summed E-state index contributed by atoms with van der Waals surface area (Å²) in [7, 11) is 1.61. The summed E-state index contributed by atoms with van der Waals surface area (Å²) in [4.78, 5) is 0. The predicted octanol–water partition coefficient (Wildman–Crippen LogP) is 2.01. The molecule has 2 heterocycles. The Kier molecular flexibility index (Phi) is 3.98. The lowest BCUT2D eigenvalue weighted by atomic mass is 10.0. The molecule has 0 N–H and O–H groups in total. The van der Waals surface area contributed by atoms with E-state index < -0.39 is 17.9 Å². The molecule has 1 aromatic carbocycles. The summed E-state index contributed by atoms with van der Waals surface area (Å²) in [6.45, 7) is 0.523. The maximum atomic E-state index is 13.5. The Bertz CT molecular complexity index is 482. The predicted molar refractivity (Wildman–Crippen MR) is 65.0 cm³/mol. The molecule has 0 spiro atoms. The van der Waals surface area contributed by atoms with Gasteiger partial charge in [0.2, 0.25) is 0 Å². The highest BCUT2D eigenvalue weighted by molar-refractivity contribution is 5.17. The number of hydrogen-bond donors (Lipinski definition) is 0. The van der Waals surface area contributed by atoms with Crippen LogP contribution in [-0.4, -0.2) is 38.3 Å². The van der Waals surface area contributed by atoms with Crippen LogP contribution in [0.25, 0.3) is 0 Å². The molecule has 2 bridgehead atoms. The minimum absolute atomic E-state index is 0.0428. The van der Waals surface area contributed by atoms with Crippen molar-refractivity contribution in [3.8, 4) is 0 Å². The highest BCUT2D eigenvalue weighted by atomic mass is 19.1. The minimum atomic E-state index is -0.616. The van der Waals surface area contributed by atoms with Gasteiger partial charge in [-0.3, -0.25) is 0 Å². The molecule has 0 saturated carbocycles. The van der Waals surface area contributed by atoms with Crippen LogP contribution in [0.5, 0.6) is 0 Å². The standard InChI is InChI=1S/C14H16F2O4/c1-17-11-5-12(14-19-7-13(11)20-14)18-6-8-2-3-9(15)4-10(8)16/h2-4,11-14H,5-7H2,1H3/t11-,12+,13+,14+/m0/s1. The van der Waals surface area contributed by atoms with Crippen LogP contribution in [0.15, 0.2) is 18.2 Å². The summed E-state index contributed by atoms with van der Waals surface area (Å²) < 4.78 is 48.4. The SMILES string of the molecule is CO[C@H]1C[C@@H](OCc2ccc(F)cc2F)[C@@H]2OC[C@H]1O2. The van der Waals surface area contributed by atoms with E-state index in [1.165, 1.54) is 12.1 Å². The third-order valence-corrected chi connectivity index (χ3v) is 3.69. The van der Waals surface area contributed by atoms with Gasteiger partial charge in [0, 0.05) is 25.2 Å². The highest BCUT2D eigenvalue weighted by Gasteiger charge is 2.44. The Hall–Kier alpha value is -1.08. The Morgan fingerprint density at radius 3 is 2.90 bits per heavy atom. The van der Waals surface area contributed by atoms with E-state index in [1.807, 2.05) is 0 Å². The minimum Gasteiger partial charge on any atom is -0.379 e. The van der Waals surface area contributed by atoms with E-state index in [0.29, 0.717) is 18.6 Å². The van der Waals surface area contributed by atoms with E-state index in [2.05, 4.69) is 0 Å². The largest absolute Gasteiger partial charge is 0.379 e. The molecule has 2 saturated heterocycles. The second kappa shape index (κ2) is 5.73. The van der Waals surface area contributed by atoms with Crippen LogP contribution in [0.2, 0.25) is 0 Å². The lowest BCUT2D eigenvalue weighted by molar-refractivity contribution is -0.205. The zero-order valence-corrected chi connectivity index (χ0v) is 11.1. The number of ether oxygens (including phenoxy) is 4. The van der Waals surface area contributed by atoms with E-state index in [9.17, 15) is 8.78 Å². The van der Waals surface area contributed by atoms with Gasteiger partial charge in [0.05, 0.1) is 19.3 Å². The molecule has 6 heteroatoms. The monoisotopic (exact) mass is 286 g/mol. The molecule has 20 heavy (non-hydrogen) atoms. The van der Waals surface area contributed by atoms with Crippen LogP contribution in [-0.2, 0) is 25.6 Å². The first kappa shape index (κ1) is 13.9. The van der Waals surface area contributed by atoms with Crippen molar-refractivity contribution in [2.24, 2.45) is 0 Å². The topological polar surface area (TPSA) is 36.9 Å². The molecule has 0 aliphatic carbocycles. The third kappa shape index (κ3) is 2.69. The quantitative estimate of drug-likeness (QED) is 0.848. The molecule has 0 radical (unpaired) electrons. The molecule has 2 fully saturated rings. The molecule has 1 aromatic rings. The Morgan fingerprint density at radius 2 is 2.15 bits per heavy atom. The van der Waals surface area contributed by atoms with Crippen LogP contribution in [0.3, 0.4) is 0 Å². The van der Waals surface area contributed by atoms with Gasteiger partial charge in [-0.25, -0.2) is 8.78 Å². The van der Waals surface area contributed by atoms with Crippen LogP contribution in [0.1, 0.15) is 12.0 Å². The van der Waals surface area contributed by atoms with Gasteiger partial charge in [-0.1, -0.05) is 6.07 Å². The maximum absolute atomic E-state index is 13.5. The van der Waals surface area contributed by atoms with Gasteiger partial charge < -0.3 is 18.9 Å². The molecular weight excluding hydrogens is 270 g/mol. The van der Waals surface area contributed by atoms with Gasteiger partial charge in [0.1, 0.15) is 23.8 Å². The number of halogens is 2. The molecule has 4 nitrogen and oxygen atoms in total. The lowest BCUT2D eigenvalue weighted by Gasteiger charge is -2.32. The zero-order valence-electron chi connectivity index (χ0n) is 11.1. The van der Waals surface area contributed by atoms with Crippen molar-refractivity contribution < 1.29 is 27.7 Å². The van der Waals surface area contributed by atoms with Gasteiger partial charge in [-0.15, -0.1) is 0 Å². The Labute approximate surface area is 115 Å². The van der Waals surface area contributed by atoms with Crippen LogP contribution >= 0.6 is 0 Å². The Balaban J connectivity index is 1.63. The maximum Gasteiger partial charge on any atom is 0.184 e. The van der Waals surface area contributed by atoms with Gasteiger partial charge in [-0.2, -0.15) is 0 Å². The highest BCUT2D eigenvalue weighted by Crippen LogP contribution is 2.31. The second-order valence-electron chi connectivity index (χ2n) is 4.97. The zero-order chi connectivity index (χ0) is 14.1. The average Bonchev–Trinajstić information content (AvgIpc) is 2.85. The molecular formula is C14H16F2O4.